The first kappa shape index (κ1) is 17.5. The largest absolute Gasteiger partial charge is 0.450 e. The molecule has 0 aliphatic heterocycles. The van der Waals surface area contributed by atoms with Crippen LogP contribution in [0.15, 0.2) is 24.4 Å². The Kier molecular flexibility index (Phi) is 3.71. The number of hydrogen-bond donors (Lipinski definition) is 0. The molecule has 0 N–H and O–H groups in total. The van der Waals surface area contributed by atoms with Crippen LogP contribution < -0.4 is 0 Å². The van der Waals surface area contributed by atoms with Gasteiger partial charge in [0.2, 0.25) is 0 Å². The fourth-order valence-corrected chi connectivity index (χ4v) is 4.97. The highest BCUT2D eigenvalue weighted by atomic mass is 35.5. The van der Waals surface area contributed by atoms with E-state index in [-0.39, 0.29) is 16.9 Å². The van der Waals surface area contributed by atoms with E-state index in [1.54, 1.807) is 0 Å². The molecule has 2 atom stereocenters. The third-order valence-corrected chi connectivity index (χ3v) is 6.31. The average Bonchev–Trinajstić information content (AvgIpc) is 3.12. The minimum absolute atomic E-state index is 0.188. The summed E-state index contributed by atoms with van der Waals surface area (Å²) < 4.78 is 33.7. The zero-order chi connectivity index (χ0) is 18.9. The summed E-state index contributed by atoms with van der Waals surface area (Å²) in [5, 5.41) is 4.27. The maximum atomic E-state index is 13.2. The molecule has 2 aromatic rings. The van der Waals surface area contributed by atoms with Gasteiger partial charge in [-0.1, -0.05) is 31.5 Å². The Morgan fingerprint density at radius 1 is 1.42 bits per heavy atom. The highest BCUT2D eigenvalue weighted by Crippen LogP contribution is 2.68. The maximum Gasteiger partial charge on any atom is 0.342 e. The lowest BCUT2D eigenvalue weighted by Gasteiger charge is -2.38. The molecule has 0 radical (unpaired) electrons. The number of aromatic nitrogens is 2. The number of ether oxygens (including phenoxy) is 1. The summed E-state index contributed by atoms with van der Waals surface area (Å²) in [7, 11) is 1.50. The quantitative estimate of drug-likeness (QED) is 0.705. The van der Waals surface area contributed by atoms with E-state index < -0.39 is 23.7 Å². The third kappa shape index (κ3) is 2.17. The lowest BCUT2D eigenvalue weighted by atomic mass is 9.76. The smallest absolute Gasteiger partial charge is 0.342 e. The summed E-state index contributed by atoms with van der Waals surface area (Å²) in [6, 6.07) is 5.65. The van der Waals surface area contributed by atoms with Crippen molar-refractivity contribution in [1.82, 2.24) is 9.78 Å². The van der Waals surface area contributed by atoms with Crippen LogP contribution in [0.25, 0.3) is 0 Å². The maximum absolute atomic E-state index is 13.2. The minimum atomic E-state index is -2.84. The first-order valence-electron chi connectivity index (χ1n) is 8.52. The van der Waals surface area contributed by atoms with Gasteiger partial charge >= 0.3 is 5.97 Å². The molecule has 7 heteroatoms. The first-order valence-corrected chi connectivity index (χ1v) is 8.90. The van der Waals surface area contributed by atoms with Crippen LogP contribution in [0.1, 0.15) is 66.2 Å². The molecule has 2 aliphatic carbocycles. The van der Waals surface area contributed by atoms with Gasteiger partial charge in [-0.25, -0.2) is 13.6 Å². The molecule has 1 fully saturated rings. The van der Waals surface area contributed by atoms with Gasteiger partial charge in [0.25, 0.3) is 6.43 Å². The summed E-state index contributed by atoms with van der Waals surface area (Å²) in [5.74, 6) is -0.527. The van der Waals surface area contributed by atoms with Crippen LogP contribution in [0.5, 0.6) is 0 Å². The van der Waals surface area contributed by atoms with Crippen LogP contribution in [-0.2, 0) is 17.4 Å². The number of carbonyl (C=O) groups is 1. The van der Waals surface area contributed by atoms with Gasteiger partial charge in [0, 0.05) is 29.2 Å². The SMILES string of the molecule is Cn1cc(C(=O)OC23CCC(c4ccc(Cl)cc42)C3(C)C)c(C(F)F)n1. The highest BCUT2D eigenvalue weighted by molar-refractivity contribution is 6.30. The molecule has 4 nitrogen and oxygen atoms in total. The predicted octanol–water partition coefficient (Wildman–Crippen LogP) is 4.98. The number of rotatable bonds is 3. The zero-order valence-corrected chi connectivity index (χ0v) is 15.5. The Bertz CT molecular complexity index is 909. The Labute approximate surface area is 155 Å². The predicted molar refractivity (Wildman–Crippen MR) is 92.5 cm³/mol. The van der Waals surface area contributed by atoms with Crippen molar-refractivity contribution in [3.05, 3.63) is 51.8 Å². The Morgan fingerprint density at radius 2 is 2.15 bits per heavy atom. The molecule has 4 rings (SSSR count). The molecule has 2 aliphatic rings. The van der Waals surface area contributed by atoms with Crippen molar-refractivity contribution in [1.29, 1.82) is 0 Å². The van der Waals surface area contributed by atoms with Gasteiger partial charge in [-0.15, -0.1) is 0 Å². The molecule has 138 valence electrons. The van der Waals surface area contributed by atoms with Crippen molar-refractivity contribution in [2.45, 2.75) is 44.6 Å². The fraction of sp³-hybridized carbons (Fsp3) is 0.474. The monoisotopic (exact) mass is 380 g/mol. The molecule has 1 heterocycles. The number of alkyl halides is 2. The molecule has 1 aromatic carbocycles. The first-order chi connectivity index (χ1) is 12.2. The topological polar surface area (TPSA) is 44.1 Å². The third-order valence-electron chi connectivity index (χ3n) is 6.07. The van der Waals surface area contributed by atoms with Crippen LogP contribution in [0, 0.1) is 5.41 Å². The number of esters is 1. The highest BCUT2D eigenvalue weighted by Gasteiger charge is 2.64. The van der Waals surface area contributed by atoms with E-state index in [1.807, 2.05) is 18.2 Å². The molecule has 0 spiro atoms. The molecule has 0 amide bonds. The van der Waals surface area contributed by atoms with Crippen LogP contribution in [0.4, 0.5) is 8.78 Å². The summed E-state index contributed by atoms with van der Waals surface area (Å²) >= 11 is 6.19. The van der Waals surface area contributed by atoms with Crippen molar-refractivity contribution in [3.63, 3.8) is 0 Å². The van der Waals surface area contributed by atoms with E-state index in [0.717, 1.165) is 17.5 Å². The number of nitrogens with zero attached hydrogens (tertiary/aromatic N) is 2. The van der Waals surface area contributed by atoms with Gasteiger partial charge < -0.3 is 4.74 Å². The second kappa shape index (κ2) is 5.52. The van der Waals surface area contributed by atoms with E-state index in [4.69, 9.17) is 16.3 Å². The van der Waals surface area contributed by atoms with Crippen LogP contribution in [0.2, 0.25) is 5.02 Å². The number of aryl methyl sites for hydroxylation is 1. The Balaban J connectivity index is 1.78. The normalized spacial score (nSPS) is 25.6. The molecule has 1 saturated carbocycles. The Morgan fingerprint density at radius 3 is 2.85 bits per heavy atom. The van der Waals surface area contributed by atoms with E-state index in [0.29, 0.717) is 11.4 Å². The fourth-order valence-electron chi connectivity index (χ4n) is 4.80. The second-order valence-electron chi connectivity index (χ2n) is 7.66. The van der Waals surface area contributed by atoms with Gasteiger partial charge in [0.1, 0.15) is 16.9 Å². The molecular formula is C19H19ClF2N2O2. The van der Waals surface area contributed by atoms with E-state index in [2.05, 4.69) is 18.9 Å². The van der Waals surface area contributed by atoms with Crippen LogP contribution in [0.3, 0.4) is 0 Å². The number of benzene rings is 1. The van der Waals surface area contributed by atoms with Crippen molar-refractivity contribution in [3.8, 4) is 0 Å². The molecule has 0 saturated heterocycles. The van der Waals surface area contributed by atoms with Crippen molar-refractivity contribution >= 4 is 17.6 Å². The average molecular weight is 381 g/mol. The summed E-state index contributed by atoms with van der Waals surface area (Å²) in [6.45, 7) is 4.12. The Hall–Kier alpha value is -1.95. The molecule has 26 heavy (non-hydrogen) atoms. The van der Waals surface area contributed by atoms with Gasteiger partial charge in [-0.2, -0.15) is 5.10 Å². The summed E-state index contributed by atoms with van der Waals surface area (Å²) in [5.41, 5.74) is 0.0607. The number of halogens is 3. The van der Waals surface area contributed by atoms with E-state index >= 15 is 0 Å². The lowest BCUT2D eigenvalue weighted by Crippen LogP contribution is -2.39. The van der Waals surface area contributed by atoms with Crippen molar-refractivity contribution in [2.24, 2.45) is 12.5 Å². The van der Waals surface area contributed by atoms with Gasteiger partial charge in [0.05, 0.1) is 0 Å². The molecular weight excluding hydrogens is 362 g/mol. The van der Waals surface area contributed by atoms with Gasteiger partial charge in [0.15, 0.2) is 0 Å². The molecule has 1 aromatic heterocycles. The minimum Gasteiger partial charge on any atom is -0.450 e. The number of carbonyl (C=O) groups excluding carboxylic acids is 1. The number of hydrogen-bond acceptors (Lipinski definition) is 3. The van der Waals surface area contributed by atoms with Gasteiger partial charge in [-0.05, 0) is 36.5 Å². The van der Waals surface area contributed by atoms with Gasteiger partial charge in [-0.3, -0.25) is 4.68 Å². The standard InChI is InChI=1S/C19H19ClF2N2O2/c1-18(2)13-6-7-19(18,14-8-10(20)4-5-11(13)14)26-17(25)12-9-24(3)23-15(12)16(21)22/h4-5,8-9,13,16H,6-7H2,1-3H3. The van der Waals surface area contributed by atoms with E-state index in [1.165, 1.54) is 17.9 Å². The summed E-state index contributed by atoms with van der Waals surface area (Å²) in [6.07, 6.45) is -0.0308. The van der Waals surface area contributed by atoms with E-state index in [9.17, 15) is 13.6 Å². The van der Waals surface area contributed by atoms with Crippen LogP contribution in [-0.4, -0.2) is 15.7 Å². The second-order valence-corrected chi connectivity index (χ2v) is 8.10. The lowest BCUT2D eigenvalue weighted by molar-refractivity contribution is -0.0685. The zero-order valence-electron chi connectivity index (χ0n) is 14.7. The molecule has 2 bridgehead atoms. The number of fused-ring (bicyclic) bond motifs is 5. The van der Waals surface area contributed by atoms with Crippen molar-refractivity contribution in [2.75, 3.05) is 0 Å². The molecule has 2 unspecified atom stereocenters. The van der Waals surface area contributed by atoms with Crippen LogP contribution >= 0.6 is 11.6 Å². The van der Waals surface area contributed by atoms with Crippen molar-refractivity contribution < 1.29 is 18.3 Å². The summed E-state index contributed by atoms with van der Waals surface area (Å²) in [4.78, 5) is 12.9.